The fraction of sp³-hybridized carbons (Fsp3) is 0.906. The average Bonchev–Trinajstić information content (AvgIpc) is 3.23. The number of hydrogen-bond donors (Lipinski definition) is 0. The molecule has 0 aromatic rings. The van der Waals surface area contributed by atoms with Gasteiger partial charge in [0.05, 0.1) is 0 Å². The maximum Gasteiger partial charge on any atom is 0.306 e. The zero-order chi connectivity index (χ0) is 43.0. The Morgan fingerprint density at radius 1 is 0.322 bits per heavy atom. The number of carbonyl (C=O) groups is 3. The van der Waals surface area contributed by atoms with E-state index in [1.54, 1.807) is 0 Å². The number of allylic oxidation sites excluding steroid dienone is 2. The lowest BCUT2D eigenvalue weighted by Gasteiger charge is -2.18. The van der Waals surface area contributed by atoms with Gasteiger partial charge < -0.3 is 14.2 Å². The molecule has 0 saturated heterocycles. The van der Waals surface area contributed by atoms with Crippen molar-refractivity contribution in [3.8, 4) is 0 Å². The van der Waals surface area contributed by atoms with Gasteiger partial charge in [-0.3, -0.25) is 14.4 Å². The van der Waals surface area contributed by atoms with Gasteiger partial charge in [0.1, 0.15) is 13.2 Å². The molecule has 0 heterocycles. The fourth-order valence-corrected chi connectivity index (χ4v) is 7.79. The highest BCUT2D eigenvalue weighted by Gasteiger charge is 2.19. The monoisotopic (exact) mass is 833 g/mol. The maximum atomic E-state index is 12.8. The van der Waals surface area contributed by atoms with Gasteiger partial charge in [0.15, 0.2) is 6.10 Å². The van der Waals surface area contributed by atoms with E-state index < -0.39 is 6.10 Å². The largest absolute Gasteiger partial charge is 0.462 e. The van der Waals surface area contributed by atoms with Crippen LogP contribution in [0.4, 0.5) is 0 Å². The second-order valence-electron chi connectivity index (χ2n) is 17.8. The van der Waals surface area contributed by atoms with Crippen molar-refractivity contribution < 1.29 is 28.6 Å². The van der Waals surface area contributed by atoms with Gasteiger partial charge in [-0.05, 0) is 44.9 Å². The highest BCUT2D eigenvalue weighted by molar-refractivity contribution is 5.71. The first-order chi connectivity index (χ1) is 29.0. The highest BCUT2D eigenvalue weighted by Crippen LogP contribution is 2.16. The van der Waals surface area contributed by atoms with Crippen molar-refractivity contribution >= 4 is 17.9 Å². The zero-order valence-corrected chi connectivity index (χ0v) is 39.8. The van der Waals surface area contributed by atoms with Gasteiger partial charge in [0, 0.05) is 19.3 Å². The summed E-state index contributed by atoms with van der Waals surface area (Å²) in [5.41, 5.74) is 0. The molecule has 0 fully saturated rings. The van der Waals surface area contributed by atoms with E-state index in [4.69, 9.17) is 14.2 Å². The SMILES string of the molecule is CCCCCCCC/C=C\CCCCCCCCCC(=O)OC[C@@H](COC(=O)CCCCCCCCCCCC)OC(=O)CCCCCCCCCCCCCCCC. The predicted octanol–water partition coefficient (Wildman–Crippen LogP) is 17.0. The van der Waals surface area contributed by atoms with Crippen molar-refractivity contribution in [2.45, 2.75) is 297 Å². The molecule has 6 nitrogen and oxygen atoms in total. The first kappa shape index (κ1) is 57.1. The first-order valence-corrected chi connectivity index (χ1v) is 26.2. The van der Waals surface area contributed by atoms with Crippen LogP contribution in [0, 0.1) is 0 Å². The molecule has 59 heavy (non-hydrogen) atoms. The van der Waals surface area contributed by atoms with Crippen LogP contribution in [-0.4, -0.2) is 37.2 Å². The number of unbranched alkanes of at least 4 members (excludes halogenated alkanes) is 35. The molecule has 0 amide bonds. The third kappa shape index (κ3) is 47.1. The molecule has 0 spiro atoms. The lowest BCUT2D eigenvalue weighted by molar-refractivity contribution is -0.167. The molecule has 348 valence electrons. The number of hydrogen-bond acceptors (Lipinski definition) is 6. The Hall–Kier alpha value is -1.85. The smallest absolute Gasteiger partial charge is 0.306 e. The molecule has 0 aliphatic rings. The van der Waals surface area contributed by atoms with Crippen LogP contribution in [-0.2, 0) is 28.6 Å². The predicted molar refractivity (Wildman–Crippen MR) is 252 cm³/mol. The van der Waals surface area contributed by atoms with Crippen LogP contribution in [0.2, 0.25) is 0 Å². The van der Waals surface area contributed by atoms with E-state index >= 15 is 0 Å². The second kappa shape index (κ2) is 48.8. The summed E-state index contributed by atoms with van der Waals surface area (Å²) in [4.78, 5) is 37.9. The molecule has 0 aliphatic carbocycles. The van der Waals surface area contributed by atoms with Crippen LogP contribution in [0.25, 0.3) is 0 Å². The average molecular weight is 833 g/mol. The Bertz CT molecular complexity index is 916. The lowest BCUT2D eigenvalue weighted by atomic mass is 10.0. The van der Waals surface area contributed by atoms with Crippen LogP contribution in [0.3, 0.4) is 0 Å². The summed E-state index contributed by atoms with van der Waals surface area (Å²) < 4.78 is 16.8. The summed E-state index contributed by atoms with van der Waals surface area (Å²) in [7, 11) is 0. The Kier molecular flexibility index (Phi) is 47.3. The van der Waals surface area contributed by atoms with Crippen molar-refractivity contribution in [2.24, 2.45) is 0 Å². The Morgan fingerprint density at radius 3 is 0.847 bits per heavy atom. The molecule has 1 atom stereocenters. The highest BCUT2D eigenvalue weighted by atomic mass is 16.6. The molecule has 0 aromatic carbocycles. The topological polar surface area (TPSA) is 78.9 Å². The van der Waals surface area contributed by atoms with Crippen molar-refractivity contribution in [1.29, 1.82) is 0 Å². The molecule has 0 unspecified atom stereocenters. The summed E-state index contributed by atoms with van der Waals surface area (Å²) >= 11 is 0. The molecular weight excluding hydrogens is 733 g/mol. The Labute approximate surface area is 367 Å². The zero-order valence-electron chi connectivity index (χ0n) is 39.8. The van der Waals surface area contributed by atoms with Crippen LogP contribution < -0.4 is 0 Å². The summed E-state index contributed by atoms with van der Waals surface area (Å²) in [6, 6.07) is 0. The molecular formula is C53H100O6. The standard InChI is InChI=1S/C53H100O6/c1-4-7-10-13-16-19-22-24-26-27-28-30-31-34-37-40-43-46-52(55)58-49-50(48-57-51(54)45-42-39-36-33-21-18-15-12-9-6-3)59-53(56)47-44-41-38-35-32-29-25-23-20-17-14-11-8-5-2/h24,26,50H,4-23,25,27-49H2,1-3H3/b26-24-/t50-/m1/s1. The molecule has 0 N–H and O–H groups in total. The van der Waals surface area contributed by atoms with Gasteiger partial charge in [0.25, 0.3) is 0 Å². The summed E-state index contributed by atoms with van der Waals surface area (Å²) in [5, 5.41) is 0. The van der Waals surface area contributed by atoms with Crippen LogP contribution in [0.5, 0.6) is 0 Å². The second-order valence-corrected chi connectivity index (χ2v) is 17.8. The lowest BCUT2D eigenvalue weighted by Crippen LogP contribution is -2.30. The molecule has 0 bridgehead atoms. The Morgan fingerprint density at radius 2 is 0.559 bits per heavy atom. The summed E-state index contributed by atoms with van der Waals surface area (Å²) in [6.45, 7) is 6.65. The van der Waals surface area contributed by atoms with Gasteiger partial charge in [0.2, 0.25) is 0 Å². The number of esters is 3. The summed E-state index contributed by atoms with van der Waals surface area (Å²) in [6.07, 6.45) is 53.3. The van der Waals surface area contributed by atoms with E-state index in [0.29, 0.717) is 19.3 Å². The van der Waals surface area contributed by atoms with Gasteiger partial charge in [-0.1, -0.05) is 238 Å². The quantitative estimate of drug-likeness (QED) is 0.0263. The number of ether oxygens (including phenoxy) is 3. The molecule has 0 rings (SSSR count). The van der Waals surface area contributed by atoms with Crippen LogP contribution in [0.15, 0.2) is 12.2 Å². The molecule has 0 aliphatic heterocycles. The van der Waals surface area contributed by atoms with Crippen molar-refractivity contribution in [2.75, 3.05) is 13.2 Å². The molecule has 0 radical (unpaired) electrons. The van der Waals surface area contributed by atoms with E-state index in [1.807, 2.05) is 0 Å². The fourth-order valence-electron chi connectivity index (χ4n) is 7.79. The van der Waals surface area contributed by atoms with E-state index in [1.165, 1.54) is 193 Å². The van der Waals surface area contributed by atoms with Crippen LogP contribution >= 0.6 is 0 Å². The van der Waals surface area contributed by atoms with Crippen molar-refractivity contribution in [3.63, 3.8) is 0 Å². The van der Waals surface area contributed by atoms with Gasteiger partial charge in [-0.25, -0.2) is 0 Å². The van der Waals surface area contributed by atoms with Crippen molar-refractivity contribution in [1.82, 2.24) is 0 Å². The maximum absolute atomic E-state index is 12.8. The summed E-state index contributed by atoms with van der Waals surface area (Å²) in [5.74, 6) is -0.855. The molecule has 6 heteroatoms. The minimum absolute atomic E-state index is 0.0662. The van der Waals surface area contributed by atoms with Crippen molar-refractivity contribution in [3.05, 3.63) is 12.2 Å². The van der Waals surface area contributed by atoms with Gasteiger partial charge >= 0.3 is 17.9 Å². The van der Waals surface area contributed by atoms with E-state index in [2.05, 4.69) is 32.9 Å². The van der Waals surface area contributed by atoms with E-state index in [-0.39, 0.29) is 31.1 Å². The Balaban J connectivity index is 4.29. The minimum atomic E-state index is -0.764. The normalized spacial score (nSPS) is 12.0. The van der Waals surface area contributed by atoms with E-state index in [9.17, 15) is 14.4 Å². The number of carbonyl (C=O) groups excluding carboxylic acids is 3. The first-order valence-electron chi connectivity index (χ1n) is 26.2. The van der Waals surface area contributed by atoms with Gasteiger partial charge in [-0.15, -0.1) is 0 Å². The third-order valence-electron chi connectivity index (χ3n) is 11.8. The minimum Gasteiger partial charge on any atom is -0.462 e. The van der Waals surface area contributed by atoms with Gasteiger partial charge in [-0.2, -0.15) is 0 Å². The molecule has 0 saturated carbocycles. The molecule has 0 aromatic heterocycles. The van der Waals surface area contributed by atoms with Crippen LogP contribution in [0.1, 0.15) is 290 Å². The van der Waals surface area contributed by atoms with E-state index in [0.717, 1.165) is 57.8 Å². The number of rotatable bonds is 48. The third-order valence-corrected chi connectivity index (χ3v) is 11.8.